The molecule has 5 heteroatoms. The van der Waals surface area contributed by atoms with E-state index in [0.29, 0.717) is 6.04 Å². The first-order chi connectivity index (χ1) is 8.96. The molecule has 0 bridgehead atoms. The van der Waals surface area contributed by atoms with Gasteiger partial charge in [-0.15, -0.1) is 0 Å². The van der Waals surface area contributed by atoms with Gasteiger partial charge in [-0.05, 0) is 12.3 Å². The number of hydrogen-bond acceptors (Lipinski definition) is 5. The van der Waals surface area contributed by atoms with E-state index in [0.717, 1.165) is 37.8 Å². The Morgan fingerprint density at radius 3 is 2.89 bits per heavy atom. The number of hydrogen-bond donors (Lipinski definition) is 2. The quantitative estimate of drug-likeness (QED) is 0.870. The molecule has 1 saturated heterocycles. The highest BCUT2D eigenvalue weighted by molar-refractivity contribution is 5.49. The van der Waals surface area contributed by atoms with Gasteiger partial charge in [0.1, 0.15) is 18.0 Å². The van der Waals surface area contributed by atoms with Crippen LogP contribution in [0.25, 0.3) is 0 Å². The van der Waals surface area contributed by atoms with Crippen LogP contribution in [0, 0.1) is 5.41 Å². The van der Waals surface area contributed by atoms with Crippen LogP contribution < -0.4 is 15.5 Å². The molecule has 0 spiro atoms. The maximum atomic E-state index is 4.40. The van der Waals surface area contributed by atoms with Gasteiger partial charge in [0.2, 0.25) is 0 Å². The summed E-state index contributed by atoms with van der Waals surface area (Å²) in [4.78, 5) is 11.0. The monoisotopic (exact) mass is 263 g/mol. The number of rotatable bonds is 3. The zero-order valence-corrected chi connectivity index (χ0v) is 12.4. The van der Waals surface area contributed by atoms with Gasteiger partial charge in [-0.2, -0.15) is 0 Å². The van der Waals surface area contributed by atoms with Crippen molar-refractivity contribution in [1.82, 2.24) is 15.3 Å². The molecule has 0 aromatic carbocycles. The third-order valence-corrected chi connectivity index (χ3v) is 3.25. The van der Waals surface area contributed by atoms with E-state index in [4.69, 9.17) is 0 Å². The first-order valence-electron chi connectivity index (χ1n) is 6.99. The third-order valence-electron chi connectivity index (χ3n) is 3.25. The van der Waals surface area contributed by atoms with Gasteiger partial charge in [0.15, 0.2) is 0 Å². The van der Waals surface area contributed by atoms with Crippen molar-refractivity contribution in [3.05, 3.63) is 12.4 Å². The third kappa shape index (κ3) is 4.06. The maximum Gasteiger partial charge on any atom is 0.134 e. The van der Waals surface area contributed by atoms with E-state index in [2.05, 4.69) is 53.2 Å². The largest absolute Gasteiger partial charge is 0.369 e. The Balaban J connectivity index is 2.06. The van der Waals surface area contributed by atoms with Crippen molar-refractivity contribution in [3.8, 4) is 0 Å². The molecule has 0 saturated carbocycles. The number of anilines is 2. The molecule has 1 fully saturated rings. The molecule has 1 atom stereocenters. The van der Waals surface area contributed by atoms with Crippen molar-refractivity contribution in [1.29, 1.82) is 0 Å². The number of piperazine rings is 1. The zero-order chi connectivity index (χ0) is 13.9. The van der Waals surface area contributed by atoms with Crippen molar-refractivity contribution in [2.24, 2.45) is 5.41 Å². The minimum atomic E-state index is 0.244. The van der Waals surface area contributed by atoms with Crippen LogP contribution in [0.15, 0.2) is 12.4 Å². The van der Waals surface area contributed by atoms with Gasteiger partial charge in [0, 0.05) is 38.3 Å². The van der Waals surface area contributed by atoms with Gasteiger partial charge >= 0.3 is 0 Å². The van der Waals surface area contributed by atoms with Gasteiger partial charge in [-0.25, -0.2) is 9.97 Å². The van der Waals surface area contributed by atoms with Crippen molar-refractivity contribution in [3.63, 3.8) is 0 Å². The fraction of sp³-hybridized carbons (Fsp3) is 0.714. The first-order valence-corrected chi connectivity index (χ1v) is 6.99. The smallest absolute Gasteiger partial charge is 0.134 e. The standard InChI is InChI=1S/C14H25N5/c1-11-8-15-5-6-19(11)13-7-12(17-10-18-13)16-9-14(2,3)4/h7,10-11,15H,5-6,8-9H2,1-4H3,(H,16,17,18). The maximum absolute atomic E-state index is 4.40. The molecule has 2 N–H and O–H groups in total. The van der Waals surface area contributed by atoms with Crippen molar-refractivity contribution >= 4 is 11.6 Å². The molecule has 1 aliphatic heterocycles. The van der Waals surface area contributed by atoms with Gasteiger partial charge < -0.3 is 15.5 Å². The number of nitrogens with zero attached hydrogens (tertiary/aromatic N) is 3. The van der Waals surface area contributed by atoms with E-state index in [-0.39, 0.29) is 5.41 Å². The van der Waals surface area contributed by atoms with Crippen molar-refractivity contribution in [2.45, 2.75) is 33.7 Å². The normalized spacial score (nSPS) is 20.4. The second kappa shape index (κ2) is 5.74. The molecule has 0 radical (unpaired) electrons. The van der Waals surface area contributed by atoms with Crippen LogP contribution in [0.2, 0.25) is 0 Å². The van der Waals surface area contributed by atoms with E-state index in [1.807, 2.05) is 6.07 Å². The molecule has 2 rings (SSSR count). The molecule has 2 heterocycles. The molecule has 106 valence electrons. The molecule has 1 aromatic rings. The SMILES string of the molecule is CC1CNCCN1c1cc(NCC(C)(C)C)ncn1. The fourth-order valence-corrected chi connectivity index (χ4v) is 2.14. The lowest BCUT2D eigenvalue weighted by Crippen LogP contribution is -2.50. The van der Waals surface area contributed by atoms with E-state index in [1.165, 1.54) is 0 Å². The zero-order valence-electron chi connectivity index (χ0n) is 12.4. The van der Waals surface area contributed by atoms with Crippen LogP contribution in [0.4, 0.5) is 11.6 Å². The second-order valence-electron chi connectivity index (χ2n) is 6.42. The predicted molar refractivity (Wildman–Crippen MR) is 79.7 cm³/mol. The minimum absolute atomic E-state index is 0.244. The highest BCUT2D eigenvalue weighted by Crippen LogP contribution is 2.19. The molecule has 0 aliphatic carbocycles. The molecular formula is C14H25N5. The fourth-order valence-electron chi connectivity index (χ4n) is 2.14. The first kappa shape index (κ1) is 14.1. The summed E-state index contributed by atoms with van der Waals surface area (Å²) < 4.78 is 0. The molecule has 0 amide bonds. The average molecular weight is 263 g/mol. The lowest BCUT2D eigenvalue weighted by molar-refractivity contribution is 0.442. The lowest BCUT2D eigenvalue weighted by atomic mass is 9.97. The van der Waals surface area contributed by atoms with Gasteiger partial charge in [-0.1, -0.05) is 20.8 Å². The van der Waals surface area contributed by atoms with Gasteiger partial charge in [0.05, 0.1) is 0 Å². The van der Waals surface area contributed by atoms with Crippen LogP contribution in [0.5, 0.6) is 0 Å². The van der Waals surface area contributed by atoms with Gasteiger partial charge in [-0.3, -0.25) is 0 Å². The Hall–Kier alpha value is -1.36. The topological polar surface area (TPSA) is 53.1 Å². The number of aromatic nitrogens is 2. The number of nitrogens with one attached hydrogen (secondary N) is 2. The Labute approximate surface area is 115 Å². The Morgan fingerprint density at radius 2 is 2.21 bits per heavy atom. The molecule has 1 aromatic heterocycles. The molecule has 1 unspecified atom stereocenters. The molecule has 19 heavy (non-hydrogen) atoms. The summed E-state index contributed by atoms with van der Waals surface area (Å²) >= 11 is 0. The van der Waals surface area contributed by atoms with Crippen LogP contribution in [0.1, 0.15) is 27.7 Å². The highest BCUT2D eigenvalue weighted by Gasteiger charge is 2.19. The summed E-state index contributed by atoms with van der Waals surface area (Å²) in [6, 6.07) is 2.52. The van der Waals surface area contributed by atoms with Crippen LogP contribution >= 0.6 is 0 Å². The van der Waals surface area contributed by atoms with E-state index < -0.39 is 0 Å². The Bertz CT molecular complexity index is 413. The average Bonchev–Trinajstić information content (AvgIpc) is 2.36. The van der Waals surface area contributed by atoms with E-state index in [9.17, 15) is 0 Å². The van der Waals surface area contributed by atoms with E-state index >= 15 is 0 Å². The summed E-state index contributed by atoms with van der Waals surface area (Å²) in [5.74, 6) is 1.92. The Kier molecular flexibility index (Phi) is 4.24. The summed E-state index contributed by atoms with van der Waals surface area (Å²) in [6.45, 7) is 12.8. The van der Waals surface area contributed by atoms with Crippen LogP contribution in [-0.4, -0.2) is 42.2 Å². The lowest BCUT2D eigenvalue weighted by Gasteiger charge is -2.35. The molecular weight excluding hydrogens is 238 g/mol. The molecule has 5 nitrogen and oxygen atoms in total. The van der Waals surface area contributed by atoms with Crippen molar-refractivity contribution in [2.75, 3.05) is 36.4 Å². The van der Waals surface area contributed by atoms with Gasteiger partial charge in [0.25, 0.3) is 0 Å². The van der Waals surface area contributed by atoms with Crippen LogP contribution in [-0.2, 0) is 0 Å². The minimum Gasteiger partial charge on any atom is -0.369 e. The summed E-state index contributed by atoms with van der Waals surface area (Å²) in [5, 5.41) is 6.78. The molecule has 1 aliphatic rings. The summed E-state index contributed by atoms with van der Waals surface area (Å²) in [6.07, 6.45) is 1.65. The summed E-state index contributed by atoms with van der Waals surface area (Å²) in [5.41, 5.74) is 0.244. The van der Waals surface area contributed by atoms with Crippen LogP contribution in [0.3, 0.4) is 0 Å². The van der Waals surface area contributed by atoms with Crippen molar-refractivity contribution < 1.29 is 0 Å². The predicted octanol–water partition coefficient (Wildman–Crippen LogP) is 1.73. The Morgan fingerprint density at radius 1 is 1.42 bits per heavy atom. The van der Waals surface area contributed by atoms with E-state index in [1.54, 1.807) is 6.33 Å². The highest BCUT2D eigenvalue weighted by atomic mass is 15.3. The second-order valence-corrected chi connectivity index (χ2v) is 6.42. The summed E-state index contributed by atoms with van der Waals surface area (Å²) in [7, 11) is 0.